The Morgan fingerprint density at radius 1 is 1.00 bits per heavy atom. The van der Waals surface area contributed by atoms with Crippen LogP contribution in [0.15, 0.2) is 52.8 Å². The second-order valence-corrected chi connectivity index (χ2v) is 6.49. The number of nitrogens with one attached hydrogen (secondary N) is 3. The van der Waals surface area contributed by atoms with Gasteiger partial charge >= 0.3 is 0 Å². The van der Waals surface area contributed by atoms with Gasteiger partial charge < -0.3 is 15.2 Å². The molecule has 0 spiro atoms. The van der Waals surface area contributed by atoms with E-state index < -0.39 is 5.92 Å². The molecule has 0 unspecified atom stereocenters. The van der Waals surface area contributed by atoms with Crippen LogP contribution in [0.25, 0.3) is 5.70 Å². The van der Waals surface area contributed by atoms with Gasteiger partial charge in [0.05, 0.1) is 24.3 Å². The first-order valence-corrected chi connectivity index (χ1v) is 8.43. The van der Waals surface area contributed by atoms with Crippen LogP contribution in [-0.2, 0) is 0 Å². The highest BCUT2D eigenvalue weighted by atomic mass is 16.5. The largest absolute Gasteiger partial charge is 0.504 e. The number of Topliss-reactive ketones (excluding diaryl/α,β-unsaturated/α-hetero) is 1. The number of para-hydroxylation sites is 1. The normalized spacial score (nSPS) is 17.2. The predicted molar refractivity (Wildman–Crippen MR) is 99.2 cm³/mol. The van der Waals surface area contributed by atoms with Gasteiger partial charge in [0.15, 0.2) is 17.3 Å². The number of aromatic nitrogens is 2. The van der Waals surface area contributed by atoms with Gasteiger partial charge in [-0.05, 0) is 6.07 Å². The third-order valence-electron chi connectivity index (χ3n) is 5.16. The summed E-state index contributed by atoms with van der Waals surface area (Å²) in [6.07, 6.45) is 0. The topological polar surface area (TPSA) is 107 Å². The van der Waals surface area contributed by atoms with Crippen molar-refractivity contribution in [3.63, 3.8) is 0 Å². The van der Waals surface area contributed by atoms with Crippen molar-refractivity contribution in [2.75, 3.05) is 12.4 Å². The Morgan fingerprint density at radius 2 is 1.78 bits per heavy atom. The van der Waals surface area contributed by atoms with Crippen LogP contribution in [0.4, 0.5) is 5.82 Å². The molecular weight excluding hydrogens is 346 g/mol. The zero-order valence-corrected chi connectivity index (χ0v) is 14.3. The van der Waals surface area contributed by atoms with Gasteiger partial charge in [-0.1, -0.05) is 36.4 Å². The first kappa shape index (κ1) is 15.5. The maximum Gasteiger partial charge on any atom is 0.270 e. The molecule has 2 heterocycles. The van der Waals surface area contributed by atoms with Crippen LogP contribution in [0.5, 0.6) is 11.5 Å². The number of H-pyrrole nitrogens is 2. The Bertz CT molecular complexity index is 1200. The van der Waals surface area contributed by atoms with Gasteiger partial charge in [0, 0.05) is 22.3 Å². The molecule has 1 aromatic heterocycles. The molecule has 0 bridgehead atoms. The number of hydrogen-bond donors (Lipinski definition) is 4. The molecule has 134 valence electrons. The second kappa shape index (κ2) is 5.38. The van der Waals surface area contributed by atoms with Crippen molar-refractivity contribution in [2.24, 2.45) is 0 Å². The summed E-state index contributed by atoms with van der Waals surface area (Å²) in [5.74, 6) is -0.206. The van der Waals surface area contributed by atoms with Gasteiger partial charge in [0.2, 0.25) is 0 Å². The van der Waals surface area contributed by atoms with Crippen LogP contribution < -0.4 is 15.6 Å². The van der Waals surface area contributed by atoms with Crippen molar-refractivity contribution < 1.29 is 14.6 Å². The highest BCUT2D eigenvalue weighted by Crippen LogP contribution is 2.50. The van der Waals surface area contributed by atoms with Gasteiger partial charge in [-0.15, -0.1) is 0 Å². The van der Waals surface area contributed by atoms with Crippen LogP contribution in [-0.4, -0.2) is 28.2 Å². The third-order valence-corrected chi connectivity index (χ3v) is 5.16. The number of fused-ring (bicyclic) bond motifs is 3. The minimum atomic E-state index is -0.721. The van der Waals surface area contributed by atoms with E-state index in [0.717, 1.165) is 5.56 Å². The average molecular weight is 361 g/mol. The summed E-state index contributed by atoms with van der Waals surface area (Å²) < 4.78 is 5.22. The number of methoxy groups -OCH3 is 1. The lowest BCUT2D eigenvalue weighted by atomic mass is 9.81. The van der Waals surface area contributed by atoms with Crippen LogP contribution >= 0.6 is 0 Å². The molecule has 2 aliphatic rings. The maximum absolute atomic E-state index is 13.2. The molecule has 0 saturated heterocycles. The molecule has 1 atom stereocenters. The average Bonchev–Trinajstić information content (AvgIpc) is 3.20. The van der Waals surface area contributed by atoms with E-state index in [4.69, 9.17) is 4.74 Å². The van der Waals surface area contributed by atoms with Crippen molar-refractivity contribution in [1.82, 2.24) is 10.2 Å². The number of rotatable bonds is 2. The Morgan fingerprint density at radius 3 is 2.56 bits per heavy atom. The molecule has 7 nitrogen and oxygen atoms in total. The van der Waals surface area contributed by atoms with E-state index in [1.807, 2.05) is 12.1 Å². The molecule has 1 aliphatic heterocycles. The fourth-order valence-electron chi connectivity index (χ4n) is 3.97. The molecular formula is C20H15N3O4. The van der Waals surface area contributed by atoms with E-state index in [2.05, 4.69) is 15.5 Å². The zero-order valence-electron chi connectivity index (χ0n) is 14.3. The molecule has 27 heavy (non-hydrogen) atoms. The number of aromatic hydroxyl groups is 1. The number of carbonyl (C=O) groups is 1. The molecule has 3 aromatic rings. The number of phenolic OH excluding ortho intramolecular Hbond substituents is 1. The van der Waals surface area contributed by atoms with Crippen molar-refractivity contribution in [2.45, 2.75) is 5.92 Å². The van der Waals surface area contributed by atoms with Gasteiger partial charge in [0.25, 0.3) is 5.56 Å². The second-order valence-electron chi connectivity index (χ2n) is 6.49. The lowest BCUT2D eigenvalue weighted by Gasteiger charge is -2.26. The number of phenols is 1. The van der Waals surface area contributed by atoms with E-state index in [1.165, 1.54) is 7.11 Å². The summed E-state index contributed by atoms with van der Waals surface area (Å²) >= 11 is 0. The van der Waals surface area contributed by atoms with Crippen LogP contribution in [0.3, 0.4) is 0 Å². The van der Waals surface area contributed by atoms with Crippen LogP contribution in [0.1, 0.15) is 33.0 Å². The predicted octanol–water partition coefficient (Wildman–Crippen LogP) is 2.58. The number of ether oxygens (including phenoxy) is 1. The van der Waals surface area contributed by atoms with Crippen molar-refractivity contribution in [3.05, 3.63) is 80.6 Å². The number of benzene rings is 2. The molecule has 4 N–H and O–H groups in total. The Kier molecular flexibility index (Phi) is 3.09. The first-order valence-electron chi connectivity index (χ1n) is 8.43. The summed E-state index contributed by atoms with van der Waals surface area (Å²) in [6.45, 7) is 0. The molecule has 0 radical (unpaired) electrons. The number of aromatic amines is 2. The third kappa shape index (κ3) is 1.96. The highest BCUT2D eigenvalue weighted by Gasteiger charge is 2.43. The molecule has 0 fully saturated rings. The quantitative estimate of drug-likeness (QED) is 0.561. The monoisotopic (exact) mass is 361 g/mol. The number of ketones is 1. The van der Waals surface area contributed by atoms with Crippen molar-refractivity contribution in [1.29, 1.82) is 0 Å². The molecule has 1 aliphatic carbocycles. The lowest BCUT2D eigenvalue weighted by molar-refractivity contribution is 0.103. The zero-order chi connectivity index (χ0) is 18.7. The minimum Gasteiger partial charge on any atom is -0.504 e. The van der Waals surface area contributed by atoms with Gasteiger partial charge in [-0.25, -0.2) is 0 Å². The van der Waals surface area contributed by atoms with Gasteiger partial charge in [-0.3, -0.25) is 19.8 Å². The van der Waals surface area contributed by atoms with Crippen molar-refractivity contribution >= 4 is 17.3 Å². The lowest BCUT2D eigenvalue weighted by Crippen LogP contribution is -2.23. The molecule has 2 aromatic carbocycles. The Balaban J connectivity index is 1.83. The standard InChI is InChI=1S/C20H15N3O4/c1-27-12-8-4-7-11(17(12)24)13-14-16(21-19-15(13)20(26)23-22-19)9-5-2-3-6-10(9)18(14)25/h2-8,13,24H,1H3,(H3,21,22,23,26)/t13-/m0/s1. The Hall–Kier alpha value is -3.74. The minimum absolute atomic E-state index is 0.0888. The summed E-state index contributed by atoms with van der Waals surface area (Å²) in [6, 6.07) is 12.3. The fraction of sp³-hybridized carbons (Fsp3) is 0.100. The highest BCUT2D eigenvalue weighted by molar-refractivity contribution is 6.23. The number of allylic oxidation sites excluding steroid dienone is 1. The maximum atomic E-state index is 13.2. The van der Waals surface area contributed by atoms with Crippen LogP contribution in [0.2, 0.25) is 0 Å². The van der Waals surface area contributed by atoms with E-state index in [0.29, 0.717) is 33.8 Å². The van der Waals surface area contributed by atoms with Crippen LogP contribution in [0, 0.1) is 0 Å². The number of anilines is 1. The van der Waals surface area contributed by atoms with Gasteiger partial charge in [-0.2, -0.15) is 0 Å². The molecule has 7 heteroatoms. The number of hydrogen-bond acceptors (Lipinski definition) is 5. The smallest absolute Gasteiger partial charge is 0.270 e. The van der Waals surface area contributed by atoms with E-state index in [9.17, 15) is 14.7 Å². The molecule has 5 rings (SSSR count). The summed E-state index contributed by atoms with van der Waals surface area (Å²) in [7, 11) is 1.46. The summed E-state index contributed by atoms with van der Waals surface area (Å²) in [5.41, 5.74) is 2.89. The summed E-state index contributed by atoms with van der Waals surface area (Å²) in [5, 5.41) is 19.3. The Labute approximate surface area is 153 Å². The SMILES string of the molecule is COc1cccc([C@H]2C3=C(Nc4[nH][nH]c(=O)c42)c2ccccc2C3=O)c1O. The summed E-state index contributed by atoms with van der Waals surface area (Å²) in [4.78, 5) is 25.7. The molecule has 0 saturated carbocycles. The first-order chi connectivity index (χ1) is 13.1. The van der Waals surface area contributed by atoms with E-state index in [1.54, 1.807) is 30.3 Å². The van der Waals surface area contributed by atoms with Crippen molar-refractivity contribution in [3.8, 4) is 11.5 Å². The van der Waals surface area contributed by atoms with E-state index >= 15 is 0 Å². The van der Waals surface area contributed by atoms with E-state index in [-0.39, 0.29) is 22.8 Å². The van der Waals surface area contributed by atoms with Gasteiger partial charge in [0.1, 0.15) is 5.82 Å². The molecule has 0 amide bonds. The fourth-order valence-corrected chi connectivity index (χ4v) is 3.97. The number of carbonyl (C=O) groups excluding carboxylic acids is 1.